The highest BCUT2D eigenvalue weighted by atomic mass is 31.2. The van der Waals surface area contributed by atoms with Crippen LogP contribution in [0.4, 0.5) is 0 Å². The molecular formula is C17H38FP. The van der Waals surface area contributed by atoms with Crippen LogP contribution in [0.15, 0.2) is 0 Å². The fourth-order valence-corrected chi connectivity index (χ4v) is 8.32. The summed E-state index contributed by atoms with van der Waals surface area (Å²) < 4.78 is 0. The van der Waals surface area contributed by atoms with E-state index in [0.29, 0.717) is 0 Å². The van der Waals surface area contributed by atoms with Crippen LogP contribution in [0.3, 0.4) is 0 Å². The molecule has 0 N–H and O–H groups in total. The summed E-state index contributed by atoms with van der Waals surface area (Å²) in [5, 5.41) is 0. The van der Waals surface area contributed by atoms with Crippen molar-refractivity contribution in [3.8, 4) is 0 Å². The number of unbranched alkanes of at least 4 members (excludes halogenated alkanes) is 5. The van der Waals surface area contributed by atoms with Gasteiger partial charge < -0.3 is 4.70 Å². The van der Waals surface area contributed by atoms with Crippen molar-refractivity contribution >= 4 is 7.26 Å². The Morgan fingerprint density at radius 1 is 0.737 bits per heavy atom. The molecule has 0 unspecified atom stereocenters. The average Bonchev–Trinajstić information content (AvgIpc) is 2.20. The second-order valence-corrected chi connectivity index (χ2v) is 11.7. The van der Waals surface area contributed by atoms with Crippen LogP contribution in [0.1, 0.15) is 73.1 Å². The molecule has 0 saturated carbocycles. The Kier molecular flexibility index (Phi) is 13.8. The molecule has 0 saturated heterocycles. The summed E-state index contributed by atoms with van der Waals surface area (Å²) in [6, 6.07) is 0. The van der Waals surface area contributed by atoms with E-state index >= 15 is 0 Å². The van der Waals surface area contributed by atoms with Crippen LogP contribution in [0.2, 0.25) is 0 Å². The van der Waals surface area contributed by atoms with Crippen LogP contribution >= 0.6 is 7.26 Å². The van der Waals surface area contributed by atoms with Crippen molar-refractivity contribution in [3.63, 3.8) is 0 Å². The molecule has 0 atom stereocenters. The molecule has 0 bridgehead atoms. The molecule has 0 aliphatic rings. The van der Waals surface area contributed by atoms with Crippen molar-refractivity contribution < 1.29 is 4.70 Å². The fraction of sp³-hybridized carbons (Fsp3) is 1.00. The quantitative estimate of drug-likeness (QED) is 0.405. The van der Waals surface area contributed by atoms with Crippen LogP contribution < -0.4 is 4.70 Å². The van der Waals surface area contributed by atoms with Gasteiger partial charge in [-0.25, -0.2) is 0 Å². The standard InChI is InChI=1S/C17H38P.FH/c1-7-8-9-10-11-12-13-18(6,14-16(2)3)15-17(4)5;/h16-17H,7-15H2,1-6H3;1H/q+1;/p-1. The lowest BCUT2D eigenvalue weighted by Gasteiger charge is -2.27. The molecule has 0 nitrogen and oxygen atoms in total. The first kappa shape index (κ1) is 21.7. The zero-order chi connectivity index (χ0) is 14.0. The summed E-state index contributed by atoms with van der Waals surface area (Å²) in [4.78, 5) is 0. The Hall–Kier alpha value is 0.360. The first-order valence-electron chi connectivity index (χ1n) is 8.23. The zero-order valence-electron chi connectivity index (χ0n) is 14.3. The molecule has 0 aliphatic carbocycles. The third kappa shape index (κ3) is 13.1. The Bertz CT molecular complexity index is 180. The summed E-state index contributed by atoms with van der Waals surface area (Å²) >= 11 is 0. The van der Waals surface area contributed by atoms with E-state index < -0.39 is 7.26 Å². The maximum Gasteiger partial charge on any atom is 0.0614 e. The number of hydrogen-bond acceptors (Lipinski definition) is 0. The lowest BCUT2D eigenvalue weighted by molar-refractivity contribution is -0.00000465. The normalized spacial score (nSPS) is 12.0. The molecule has 0 fully saturated rings. The predicted molar refractivity (Wildman–Crippen MR) is 90.5 cm³/mol. The third-order valence-electron chi connectivity index (χ3n) is 3.66. The lowest BCUT2D eigenvalue weighted by atomic mass is 10.1. The molecule has 0 aromatic rings. The molecule has 0 heterocycles. The Morgan fingerprint density at radius 3 is 1.58 bits per heavy atom. The van der Waals surface area contributed by atoms with E-state index in [4.69, 9.17) is 0 Å². The molecule has 0 amide bonds. The van der Waals surface area contributed by atoms with Crippen LogP contribution in [-0.4, -0.2) is 25.2 Å². The van der Waals surface area contributed by atoms with Crippen molar-refractivity contribution in [1.29, 1.82) is 0 Å². The van der Waals surface area contributed by atoms with Crippen LogP contribution in [-0.2, 0) is 0 Å². The topological polar surface area (TPSA) is 0 Å². The van der Waals surface area contributed by atoms with Crippen LogP contribution in [0.25, 0.3) is 0 Å². The van der Waals surface area contributed by atoms with Gasteiger partial charge in [0.05, 0.1) is 18.5 Å². The number of halogens is 1. The Labute approximate surface area is 122 Å². The molecular weight excluding hydrogens is 254 g/mol. The third-order valence-corrected chi connectivity index (χ3v) is 8.28. The van der Waals surface area contributed by atoms with E-state index in [9.17, 15) is 0 Å². The number of hydrogen-bond donors (Lipinski definition) is 0. The predicted octanol–water partition coefficient (Wildman–Crippen LogP) is 3.31. The minimum absolute atomic E-state index is 0. The summed E-state index contributed by atoms with van der Waals surface area (Å²) in [6.45, 7) is 14.5. The molecule has 0 radical (unpaired) electrons. The molecule has 0 aromatic heterocycles. The van der Waals surface area contributed by atoms with Gasteiger partial charge in [-0.2, -0.15) is 0 Å². The van der Waals surface area contributed by atoms with Crippen molar-refractivity contribution in [1.82, 2.24) is 0 Å². The van der Waals surface area contributed by atoms with Gasteiger partial charge in [0, 0.05) is 13.9 Å². The van der Waals surface area contributed by atoms with E-state index in [2.05, 4.69) is 41.3 Å². The van der Waals surface area contributed by atoms with Gasteiger partial charge in [0.25, 0.3) is 0 Å². The van der Waals surface area contributed by atoms with Gasteiger partial charge in [-0.15, -0.1) is 0 Å². The van der Waals surface area contributed by atoms with Gasteiger partial charge >= 0.3 is 0 Å². The monoisotopic (exact) mass is 292 g/mol. The maximum absolute atomic E-state index is 2.64. The van der Waals surface area contributed by atoms with Crippen LogP contribution in [0.5, 0.6) is 0 Å². The summed E-state index contributed by atoms with van der Waals surface area (Å²) in [5.74, 6) is 1.78. The summed E-state index contributed by atoms with van der Waals surface area (Å²) in [7, 11) is -0.637. The minimum Gasteiger partial charge on any atom is -1.00 e. The highest BCUT2D eigenvalue weighted by molar-refractivity contribution is 7.75. The van der Waals surface area contributed by atoms with Gasteiger partial charge in [-0.1, -0.05) is 60.3 Å². The molecule has 118 valence electrons. The molecule has 0 aromatic carbocycles. The van der Waals surface area contributed by atoms with Crippen molar-refractivity contribution in [2.45, 2.75) is 73.1 Å². The van der Waals surface area contributed by atoms with Crippen molar-refractivity contribution in [3.05, 3.63) is 0 Å². The van der Waals surface area contributed by atoms with E-state index in [1.165, 1.54) is 50.8 Å². The van der Waals surface area contributed by atoms with E-state index in [1.807, 2.05) is 0 Å². The van der Waals surface area contributed by atoms with Crippen molar-refractivity contribution in [2.75, 3.05) is 25.2 Å². The highest BCUT2D eigenvalue weighted by Gasteiger charge is 2.32. The van der Waals surface area contributed by atoms with Gasteiger partial charge in [0.2, 0.25) is 0 Å². The van der Waals surface area contributed by atoms with E-state index in [-0.39, 0.29) is 4.70 Å². The van der Waals surface area contributed by atoms with Gasteiger partial charge in [0.15, 0.2) is 0 Å². The first-order chi connectivity index (χ1) is 8.39. The largest absolute Gasteiger partial charge is 1.00 e. The fourth-order valence-electron chi connectivity index (χ4n) is 3.29. The Morgan fingerprint density at radius 2 is 1.16 bits per heavy atom. The SMILES string of the molecule is CCCCCCCC[P+](C)(CC(C)C)CC(C)C.[F-]. The average molecular weight is 292 g/mol. The molecule has 0 rings (SSSR count). The molecule has 2 heteroatoms. The molecule has 0 aliphatic heterocycles. The minimum atomic E-state index is -0.637. The number of rotatable bonds is 11. The van der Waals surface area contributed by atoms with Crippen molar-refractivity contribution in [2.24, 2.45) is 11.8 Å². The van der Waals surface area contributed by atoms with Gasteiger partial charge in [-0.3, -0.25) is 0 Å². The Balaban J connectivity index is 0. The zero-order valence-corrected chi connectivity index (χ0v) is 15.2. The second kappa shape index (κ2) is 12.1. The van der Waals surface area contributed by atoms with Crippen LogP contribution in [0, 0.1) is 11.8 Å². The van der Waals surface area contributed by atoms with Gasteiger partial charge in [0.1, 0.15) is 0 Å². The first-order valence-corrected chi connectivity index (χ1v) is 11.0. The molecule has 0 spiro atoms. The lowest BCUT2D eigenvalue weighted by Crippen LogP contribution is -3.00. The van der Waals surface area contributed by atoms with E-state index in [1.54, 1.807) is 6.16 Å². The van der Waals surface area contributed by atoms with Gasteiger partial charge in [-0.05, 0) is 24.7 Å². The summed E-state index contributed by atoms with van der Waals surface area (Å²) in [5.41, 5.74) is 0. The highest BCUT2D eigenvalue weighted by Crippen LogP contribution is 2.58. The van der Waals surface area contributed by atoms with E-state index in [0.717, 1.165) is 11.8 Å². The molecule has 19 heavy (non-hydrogen) atoms. The summed E-state index contributed by atoms with van der Waals surface area (Å²) in [6.07, 6.45) is 13.3. The maximum atomic E-state index is 2.64. The second-order valence-electron chi connectivity index (χ2n) is 7.26. The smallest absolute Gasteiger partial charge is 0.0614 e.